The first-order valence-corrected chi connectivity index (χ1v) is 13.0. The normalized spacial score (nSPS) is 15.8. The minimum Gasteiger partial charge on any atom is -0.494 e. The fourth-order valence-corrected chi connectivity index (χ4v) is 5.73. The van der Waals surface area contributed by atoms with Crippen LogP contribution in [0.25, 0.3) is 0 Å². The van der Waals surface area contributed by atoms with Crippen LogP contribution < -0.4 is 10.1 Å². The molecule has 1 aliphatic rings. The molecule has 2 aromatic carbocycles. The van der Waals surface area contributed by atoms with Gasteiger partial charge in [0.1, 0.15) is 10.8 Å². The van der Waals surface area contributed by atoms with Crippen molar-refractivity contribution in [3.63, 3.8) is 0 Å². The van der Waals surface area contributed by atoms with Gasteiger partial charge in [0.2, 0.25) is 0 Å². The molecule has 5 nitrogen and oxygen atoms in total. The van der Waals surface area contributed by atoms with Gasteiger partial charge >= 0.3 is 0 Å². The lowest BCUT2D eigenvalue weighted by Gasteiger charge is -2.39. The molecule has 1 amide bonds. The number of carbonyl (C=O) groups excluding carboxylic acids is 1. The van der Waals surface area contributed by atoms with Crippen molar-refractivity contribution >= 4 is 22.2 Å². The van der Waals surface area contributed by atoms with E-state index in [1.807, 2.05) is 37.3 Å². The number of benzene rings is 2. The van der Waals surface area contributed by atoms with Gasteiger partial charge in [0.15, 0.2) is 0 Å². The summed E-state index contributed by atoms with van der Waals surface area (Å²) in [7, 11) is 0. The third-order valence-corrected chi connectivity index (χ3v) is 7.83. The van der Waals surface area contributed by atoms with Gasteiger partial charge in [-0.1, -0.05) is 37.3 Å². The lowest BCUT2D eigenvalue weighted by Crippen LogP contribution is -2.47. The van der Waals surface area contributed by atoms with Gasteiger partial charge in [0.25, 0.3) is 5.91 Å². The Morgan fingerprint density at radius 2 is 1.68 bits per heavy atom. The summed E-state index contributed by atoms with van der Waals surface area (Å²) in [4.78, 5) is 19.4. The van der Waals surface area contributed by atoms with Crippen LogP contribution in [0.4, 0.5) is 5.00 Å². The number of piperazine rings is 1. The molecule has 0 aliphatic carbocycles. The molecule has 1 N–H and O–H groups in total. The minimum atomic E-state index is -0.0654. The van der Waals surface area contributed by atoms with E-state index in [4.69, 9.17) is 4.74 Å². The van der Waals surface area contributed by atoms with E-state index in [1.54, 1.807) is 11.3 Å². The van der Waals surface area contributed by atoms with E-state index in [-0.39, 0.29) is 11.9 Å². The molecule has 1 fully saturated rings. The highest BCUT2D eigenvalue weighted by Gasteiger charge is 2.31. The van der Waals surface area contributed by atoms with Crippen molar-refractivity contribution in [2.75, 3.05) is 44.6 Å². The summed E-state index contributed by atoms with van der Waals surface area (Å²) >= 11 is 1.67. The summed E-state index contributed by atoms with van der Waals surface area (Å²) in [5.74, 6) is 0.820. The number of ether oxygens (including phenoxy) is 1. The highest BCUT2D eigenvalue weighted by Crippen LogP contribution is 2.43. The lowest BCUT2D eigenvalue weighted by atomic mass is 9.94. The van der Waals surface area contributed by atoms with Crippen LogP contribution in [0.3, 0.4) is 0 Å². The summed E-state index contributed by atoms with van der Waals surface area (Å²) in [6, 6.07) is 18.0. The van der Waals surface area contributed by atoms with Crippen molar-refractivity contribution in [3.05, 3.63) is 81.7 Å². The first kappa shape index (κ1) is 24.5. The van der Waals surface area contributed by atoms with Gasteiger partial charge < -0.3 is 15.0 Å². The lowest BCUT2D eigenvalue weighted by molar-refractivity contribution is 0.102. The molecule has 0 saturated carbocycles. The Bertz CT molecular complexity index is 1090. The van der Waals surface area contributed by atoms with E-state index < -0.39 is 0 Å². The molecular formula is C28H35N3O2S. The van der Waals surface area contributed by atoms with Crippen LogP contribution in [0, 0.1) is 13.8 Å². The summed E-state index contributed by atoms with van der Waals surface area (Å²) in [6.45, 7) is 14.4. The van der Waals surface area contributed by atoms with Crippen molar-refractivity contribution in [2.45, 2.75) is 33.7 Å². The average Bonchev–Trinajstić information content (AvgIpc) is 3.14. The van der Waals surface area contributed by atoms with E-state index in [0.717, 1.165) is 43.5 Å². The topological polar surface area (TPSA) is 44.8 Å². The maximum absolute atomic E-state index is 13.1. The molecule has 0 radical (unpaired) electrons. The van der Waals surface area contributed by atoms with Crippen molar-refractivity contribution in [1.82, 2.24) is 9.80 Å². The van der Waals surface area contributed by atoms with Crippen molar-refractivity contribution < 1.29 is 9.53 Å². The van der Waals surface area contributed by atoms with Gasteiger partial charge in [-0.25, -0.2) is 0 Å². The Kier molecular flexibility index (Phi) is 8.03. The first-order chi connectivity index (χ1) is 16.5. The number of anilines is 1. The molecule has 1 aliphatic heterocycles. The monoisotopic (exact) mass is 477 g/mol. The van der Waals surface area contributed by atoms with Gasteiger partial charge in [-0.05, 0) is 62.7 Å². The summed E-state index contributed by atoms with van der Waals surface area (Å²) < 4.78 is 5.70. The van der Waals surface area contributed by atoms with Crippen molar-refractivity contribution in [1.29, 1.82) is 0 Å². The molecular weight excluding hydrogens is 442 g/mol. The standard InChI is InChI=1S/C28H35N3O2S/c1-5-30-16-18-31(19-17-30)26(22-12-14-24(15-13-22)33-6-2)25-20(3)21(4)34-28(25)29-27(32)23-10-8-7-9-11-23/h7-15,26H,5-6,16-19H2,1-4H3,(H,29,32)/t26-/m1/s1. The van der Waals surface area contributed by atoms with Gasteiger partial charge in [0, 0.05) is 42.2 Å². The number of thiophene rings is 1. The molecule has 2 heterocycles. The van der Waals surface area contributed by atoms with Crippen LogP contribution in [0.2, 0.25) is 0 Å². The Hall–Kier alpha value is -2.67. The van der Waals surface area contributed by atoms with Crippen LogP contribution in [0.1, 0.15) is 51.8 Å². The number of nitrogens with one attached hydrogen (secondary N) is 1. The molecule has 34 heavy (non-hydrogen) atoms. The minimum absolute atomic E-state index is 0.0654. The molecule has 4 rings (SSSR count). The van der Waals surface area contributed by atoms with E-state index in [9.17, 15) is 4.79 Å². The molecule has 1 saturated heterocycles. The molecule has 6 heteroatoms. The number of rotatable bonds is 8. The summed E-state index contributed by atoms with van der Waals surface area (Å²) in [6.07, 6.45) is 0. The van der Waals surface area contributed by atoms with Crippen molar-refractivity contribution in [3.8, 4) is 5.75 Å². The van der Waals surface area contributed by atoms with Gasteiger partial charge in [-0.15, -0.1) is 11.3 Å². The molecule has 0 bridgehead atoms. The first-order valence-electron chi connectivity index (χ1n) is 12.2. The highest BCUT2D eigenvalue weighted by atomic mass is 32.1. The zero-order valence-corrected chi connectivity index (χ0v) is 21.5. The Morgan fingerprint density at radius 3 is 2.29 bits per heavy atom. The highest BCUT2D eigenvalue weighted by molar-refractivity contribution is 7.16. The van der Waals surface area contributed by atoms with Gasteiger partial charge in [0.05, 0.1) is 12.6 Å². The zero-order chi connectivity index (χ0) is 24.1. The van der Waals surface area contributed by atoms with E-state index in [2.05, 4.69) is 60.2 Å². The second kappa shape index (κ2) is 11.2. The predicted molar refractivity (Wildman–Crippen MR) is 141 cm³/mol. The number of hydrogen-bond acceptors (Lipinski definition) is 5. The Balaban J connectivity index is 1.72. The SMILES string of the molecule is CCOc1ccc([C@H](c2c(NC(=O)c3ccccc3)sc(C)c2C)N2CCN(CC)CC2)cc1. The van der Waals surface area contributed by atoms with Crippen LogP contribution >= 0.6 is 11.3 Å². The summed E-state index contributed by atoms with van der Waals surface area (Å²) in [5.41, 5.74) is 4.36. The predicted octanol–water partition coefficient (Wildman–Crippen LogP) is 5.74. The zero-order valence-electron chi connectivity index (χ0n) is 20.6. The average molecular weight is 478 g/mol. The van der Waals surface area contributed by atoms with Crippen LogP contribution in [-0.2, 0) is 0 Å². The number of likely N-dealkylation sites (N-methyl/N-ethyl adjacent to an activating group) is 1. The smallest absolute Gasteiger partial charge is 0.256 e. The fourth-order valence-electron chi connectivity index (χ4n) is 4.64. The quantitative estimate of drug-likeness (QED) is 0.449. The fraction of sp³-hybridized carbons (Fsp3) is 0.393. The van der Waals surface area contributed by atoms with E-state index in [0.29, 0.717) is 12.2 Å². The number of nitrogens with zero attached hydrogens (tertiary/aromatic N) is 2. The second-order valence-electron chi connectivity index (χ2n) is 8.72. The van der Waals surface area contributed by atoms with Crippen LogP contribution in [0.5, 0.6) is 5.75 Å². The van der Waals surface area contributed by atoms with E-state index >= 15 is 0 Å². The van der Waals surface area contributed by atoms with Crippen molar-refractivity contribution in [2.24, 2.45) is 0 Å². The molecule has 3 aromatic rings. The number of carbonyl (C=O) groups is 1. The number of hydrogen-bond donors (Lipinski definition) is 1. The molecule has 0 unspecified atom stereocenters. The third-order valence-electron chi connectivity index (χ3n) is 6.69. The number of aryl methyl sites for hydroxylation is 1. The maximum Gasteiger partial charge on any atom is 0.256 e. The van der Waals surface area contributed by atoms with Gasteiger partial charge in [-0.2, -0.15) is 0 Å². The third kappa shape index (κ3) is 5.35. The Morgan fingerprint density at radius 1 is 1.00 bits per heavy atom. The molecule has 1 aromatic heterocycles. The van der Waals surface area contributed by atoms with Gasteiger partial charge in [-0.3, -0.25) is 9.69 Å². The van der Waals surface area contributed by atoms with E-state index in [1.165, 1.54) is 21.6 Å². The Labute approximate surface area is 207 Å². The number of amides is 1. The second-order valence-corrected chi connectivity index (χ2v) is 9.95. The summed E-state index contributed by atoms with van der Waals surface area (Å²) in [5, 5.41) is 4.19. The van der Waals surface area contributed by atoms with Crippen LogP contribution in [-0.4, -0.2) is 55.0 Å². The van der Waals surface area contributed by atoms with Crippen LogP contribution in [0.15, 0.2) is 54.6 Å². The largest absolute Gasteiger partial charge is 0.494 e. The maximum atomic E-state index is 13.1. The molecule has 180 valence electrons. The molecule has 1 atom stereocenters. The molecule has 0 spiro atoms.